The number of rotatable bonds is 3. The average molecular weight is 328 g/mol. The van der Waals surface area contributed by atoms with E-state index in [0.717, 1.165) is 19.3 Å². The van der Waals surface area contributed by atoms with Crippen molar-refractivity contribution in [3.8, 4) is 5.88 Å². The normalized spacial score (nSPS) is 22.7. The first kappa shape index (κ1) is 15.2. The molecule has 0 aromatic carbocycles. The van der Waals surface area contributed by atoms with Crippen molar-refractivity contribution < 1.29 is 18.7 Å². The van der Waals surface area contributed by atoms with Crippen molar-refractivity contribution in [2.24, 2.45) is 0 Å². The zero-order chi connectivity index (χ0) is 16.4. The van der Waals surface area contributed by atoms with E-state index in [1.54, 1.807) is 18.3 Å². The molecule has 1 spiro atoms. The Kier molecular flexibility index (Phi) is 3.98. The number of furan rings is 1. The van der Waals surface area contributed by atoms with Crippen LogP contribution in [0.15, 0.2) is 47.2 Å². The number of carbonyl (C=O) groups excluding carboxylic acids is 1. The molecule has 1 atom stereocenters. The minimum atomic E-state index is -0.181. The molecule has 4 rings (SSSR count). The Labute approximate surface area is 140 Å². The third-order valence-electron chi connectivity index (χ3n) is 4.79. The third kappa shape index (κ3) is 3.01. The predicted molar refractivity (Wildman–Crippen MR) is 85.8 cm³/mol. The summed E-state index contributed by atoms with van der Waals surface area (Å²) in [6.45, 7) is 1.92. The van der Waals surface area contributed by atoms with Crippen molar-refractivity contribution in [3.05, 3.63) is 48.6 Å². The monoisotopic (exact) mass is 328 g/mol. The van der Waals surface area contributed by atoms with Gasteiger partial charge in [-0.2, -0.15) is 0 Å². The number of likely N-dealkylation sites (tertiary alicyclic amines) is 1. The molecule has 6 nitrogen and oxygen atoms in total. The summed E-state index contributed by atoms with van der Waals surface area (Å²) in [7, 11) is 0. The van der Waals surface area contributed by atoms with Crippen LogP contribution in [0.3, 0.4) is 0 Å². The molecule has 1 amide bonds. The van der Waals surface area contributed by atoms with Crippen LogP contribution < -0.4 is 4.74 Å². The first-order valence-electron chi connectivity index (χ1n) is 8.29. The minimum absolute atomic E-state index is 0.0206. The SMILES string of the molecule is O=C(c1ccco1)N1CCC2(CC1)C[C@@H](Oc1ccccn1)CO2. The highest BCUT2D eigenvalue weighted by molar-refractivity contribution is 5.91. The molecular formula is C18H20N2O4. The van der Waals surface area contributed by atoms with Crippen molar-refractivity contribution in [1.82, 2.24) is 9.88 Å². The van der Waals surface area contributed by atoms with Crippen LogP contribution in [0.1, 0.15) is 29.8 Å². The van der Waals surface area contributed by atoms with Gasteiger partial charge < -0.3 is 18.8 Å². The van der Waals surface area contributed by atoms with E-state index < -0.39 is 0 Å². The Morgan fingerprint density at radius 3 is 2.83 bits per heavy atom. The Hall–Kier alpha value is -2.34. The van der Waals surface area contributed by atoms with E-state index in [4.69, 9.17) is 13.9 Å². The second-order valence-corrected chi connectivity index (χ2v) is 6.38. The maximum absolute atomic E-state index is 12.3. The average Bonchev–Trinajstić information content (AvgIpc) is 3.27. The van der Waals surface area contributed by atoms with Gasteiger partial charge in [-0.1, -0.05) is 6.07 Å². The van der Waals surface area contributed by atoms with Crippen LogP contribution in [-0.2, 0) is 4.74 Å². The van der Waals surface area contributed by atoms with Gasteiger partial charge in [0.05, 0.1) is 18.5 Å². The molecule has 2 aromatic heterocycles. The Morgan fingerprint density at radius 2 is 2.12 bits per heavy atom. The fourth-order valence-electron chi connectivity index (χ4n) is 3.49. The number of carbonyl (C=O) groups is 1. The number of nitrogens with zero attached hydrogens (tertiary/aromatic N) is 2. The van der Waals surface area contributed by atoms with Crippen molar-refractivity contribution in [2.75, 3.05) is 19.7 Å². The van der Waals surface area contributed by atoms with E-state index in [1.807, 2.05) is 23.1 Å². The summed E-state index contributed by atoms with van der Waals surface area (Å²) in [5.41, 5.74) is -0.181. The maximum atomic E-state index is 12.3. The van der Waals surface area contributed by atoms with E-state index in [9.17, 15) is 4.79 Å². The van der Waals surface area contributed by atoms with Crippen LogP contribution in [0, 0.1) is 0 Å². The number of ether oxygens (including phenoxy) is 2. The molecule has 2 aliphatic heterocycles. The second-order valence-electron chi connectivity index (χ2n) is 6.38. The fraction of sp³-hybridized carbons (Fsp3) is 0.444. The molecule has 2 fully saturated rings. The molecule has 0 unspecified atom stereocenters. The van der Waals surface area contributed by atoms with E-state index in [-0.39, 0.29) is 17.6 Å². The summed E-state index contributed by atoms with van der Waals surface area (Å²) in [4.78, 5) is 18.4. The van der Waals surface area contributed by atoms with Crippen LogP contribution >= 0.6 is 0 Å². The zero-order valence-corrected chi connectivity index (χ0v) is 13.4. The molecule has 0 N–H and O–H groups in total. The van der Waals surface area contributed by atoms with Crippen LogP contribution in [0.25, 0.3) is 0 Å². The molecule has 0 bridgehead atoms. The fourth-order valence-corrected chi connectivity index (χ4v) is 3.49. The lowest BCUT2D eigenvalue weighted by molar-refractivity contribution is -0.0400. The summed E-state index contributed by atoms with van der Waals surface area (Å²) in [5.74, 6) is 0.984. The lowest BCUT2D eigenvalue weighted by Gasteiger charge is -2.38. The molecule has 0 aliphatic carbocycles. The smallest absolute Gasteiger partial charge is 0.289 e. The molecule has 0 radical (unpaired) electrons. The van der Waals surface area contributed by atoms with Gasteiger partial charge in [-0.3, -0.25) is 4.79 Å². The quantitative estimate of drug-likeness (QED) is 0.866. The number of pyridine rings is 1. The topological polar surface area (TPSA) is 64.8 Å². The summed E-state index contributed by atoms with van der Waals surface area (Å²) in [6, 6.07) is 9.07. The van der Waals surface area contributed by atoms with Gasteiger partial charge in [0.15, 0.2) is 5.76 Å². The minimum Gasteiger partial charge on any atom is -0.472 e. The van der Waals surface area contributed by atoms with Crippen LogP contribution in [0.2, 0.25) is 0 Å². The van der Waals surface area contributed by atoms with E-state index in [0.29, 0.717) is 31.3 Å². The maximum Gasteiger partial charge on any atom is 0.289 e. The van der Waals surface area contributed by atoms with E-state index in [1.165, 1.54) is 6.26 Å². The molecule has 2 saturated heterocycles. The third-order valence-corrected chi connectivity index (χ3v) is 4.79. The summed E-state index contributed by atoms with van der Waals surface area (Å²) in [5, 5.41) is 0. The van der Waals surface area contributed by atoms with E-state index >= 15 is 0 Å². The van der Waals surface area contributed by atoms with Gasteiger partial charge in [0.1, 0.15) is 6.10 Å². The lowest BCUT2D eigenvalue weighted by Crippen LogP contribution is -2.46. The molecule has 4 heterocycles. The first-order valence-corrected chi connectivity index (χ1v) is 8.29. The number of aromatic nitrogens is 1. The highest BCUT2D eigenvalue weighted by Gasteiger charge is 2.44. The molecular weight excluding hydrogens is 308 g/mol. The summed E-state index contributed by atoms with van der Waals surface area (Å²) in [6.07, 6.45) is 5.75. The molecule has 0 saturated carbocycles. The Bertz CT molecular complexity index is 678. The molecule has 2 aliphatic rings. The number of hydrogen-bond donors (Lipinski definition) is 0. The van der Waals surface area contributed by atoms with Gasteiger partial charge in [-0.15, -0.1) is 0 Å². The standard InChI is InChI=1S/C18H20N2O4/c21-17(15-4-3-11-22-15)20-9-6-18(7-10-20)12-14(13-23-18)24-16-5-1-2-8-19-16/h1-5,8,11,14H,6-7,9-10,12-13H2/t14-/m1/s1. The second kappa shape index (κ2) is 6.28. The van der Waals surface area contributed by atoms with Crippen LogP contribution in [0.5, 0.6) is 5.88 Å². The van der Waals surface area contributed by atoms with Crippen molar-refractivity contribution >= 4 is 5.91 Å². The van der Waals surface area contributed by atoms with Crippen molar-refractivity contribution in [1.29, 1.82) is 0 Å². The van der Waals surface area contributed by atoms with Gasteiger partial charge in [0.25, 0.3) is 5.91 Å². The van der Waals surface area contributed by atoms with Crippen molar-refractivity contribution in [3.63, 3.8) is 0 Å². The lowest BCUT2D eigenvalue weighted by atomic mass is 9.88. The predicted octanol–water partition coefficient (Wildman–Crippen LogP) is 2.52. The Balaban J connectivity index is 1.33. The van der Waals surface area contributed by atoms with Gasteiger partial charge in [-0.05, 0) is 31.0 Å². The van der Waals surface area contributed by atoms with Crippen molar-refractivity contribution in [2.45, 2.75) is 31.0 Å². The zero-order valence-electron chi connectivity index (χ0n) is 13.4. The number of hydrogen-bond acceptors (Lipinski definition) is 5. The highest BCUT2D eigenvalue weighted by atomic mass is 16.6. The summed E-state index contributed by atoms with van der Waals surface area (Å²) >= 11 is 0. The van der Waals surface area contributed by atoms with Gasteiger partial charge in [0.2, 0.25) is 5.88 Å². The summed E-state index contributed by atoms with van der Waals surface area (Å²) < 4.78 is 17.2. The van der Waals surface area contributed by atoms with Crippen LogP contribution in [0.4, 0.5) is 0 Å². The number of piperidine rings is 1. The van der Waals surface area contributed by atoms with Gasteiger partial charge in [0, 0.05) is 31.8 Å². The first-order chi connectivity index (χ1) is 11.7. The van der Waals surface area contributed by atoms with Gasteiger partial charge >= 0.3 is 0 Å². The largest absolute Gasteiger partial charge is 0.472 e. The number of amides is 1. The van der Waals surface area contributed by atoms with Gasteiger partial charge in [-0.25, -0.2) is 4.98 Å². The molecule has 24 heavy (non-hydrogen) atoms. The van der Waals surface area contributed by atoms with Crippen LogP contribution in [-0.4, -0.2) is 47.2 Å². The molecule has 126 valence electrons. The molecule has 6 heteroatoms. The molecule has 2 aromatic rings. The van der Waals surface area contributed by atoms with E-state index in [2.05, 4.69) is 4.98 Å². The highest BCUT2D eigenvalue weighted by Crippen LogP contribution is 2.37. The Morgan fingerprint density at radius 1 is 1.25 bits per heavy atom.